The number of hydrogen-bond donors (Lipinski definition) is 4. The van der Waals surface area contributed by atoms with Gasteiger partial charge in [-0.3, -0.25) is 19.8 Å². The van der Waals surface area contributed by atoms with Gasteiger partial charge in [0.15, 0.2) is 0 Å². The molecule has 1 aliphatic rings. The first-order valence-electron chi connectivity index (χ1n) is 9.18. The first kappa shape index (κ1) is 22.2. The van der Waals surface area contributed by atoms with Gasteiger partial charge in [-0.2, -0.15) is 12.6 Å². The molecule has 0 aromatic heterocycles. The average molecular weight is 445 g/mol. The molecule has 2 aromatic carbocycles. The Labute approximate surface area is 182 Å². The first-order valence-corrected chi connectivity index (χ1v) is 9.70. The van der Waals surface area contributed by atoms with Crippen LogP contribution in [0.4, 0.5) is 11.4 Å². The summed E-state index contributed by atoms with van der Waals surface area (Å²) in [4.78, 5) is 48.4. The summed E-state index contributed by atoms with van der Waals surface area (Å²) in [6.07, 6.45) is -0.0666. The average Bonchev–Trinajstić information content (AvgIpc) is 3.05. The molecule has 1 amide bonds. The van der Waals surface area contributed by atoms with E-state index in [4.69, 9.17) is 5.11 Å². The van der Waals surface area contributed by atoms with Gasteiger partial charge < -0.3 is 15.5 Å². The lowest BCUT2D eigenvalue weighted by molar-refractivity contribution is -0.384. The zero-order valence-electron chi connectivity index (χ0n) is 16.1. The number of non-ortho nitro benzene ring substituents is 1. The lowest BCUT2D eigenvalue weighted by Gasteiger charge is -2.33. The lowest BCUT2D eigenvalue weighted by Crippen LogP contribution is -2.58. The molecule has 0 spiro atoms. The lowest BCUT2D eigenvalue weighted by atomic mass is 9.94. The molecule has 10 nitrogen and oxygen atoms in total. The summed E-state index contributed by atoms with van der Waals surface area (Å²) in [5, 5.41) is 32.1. The number of amides is 1. The Kier molecular flexibility index (Phi) is 6.27. The second kappa shape index (κ2) is 8.74. The van der Waals surface area contributed by atoms with Crippen molar-refractivity contribution >= 4 is 41.8 Å². The van der Waals surface area contributed by atoms with Crippen LogP contribution in [0.25, 0.3) is 0 Å². The van der Waals surface area contributed by atoms with Crippen LogP contribution in [-0.2, 0) is 16.1 Å². The highest BCUT2D eigenvalue weighted by Crippen LogP contribution is 2.35. The summed E-state index contributed by atoms with van der Waals surface area (Å²) in [6, 6.07) is 11.1. The number of carbonyl (C=O) groups excluding carboxylic acids is 1. The molecule has 2 atom stereocenters. The molecule has 3 rings (SSSR count). The van der Waals surface area contributed by atoms with Gasteiger partial charge in [0.1, 0.15) is 0 Å². The normalized spacial score (nSPS) is 20.9. The molecule has 0 saturated carbocycles. The van der Waals surface area contributed by atoms with Crippen molar-refractivity contribution in [1.29, 1.82) is 0 Å². The van der Waals surface area contributed by atoms with Crippen molar-refractivity contribution in [3.8, 4) is 0 Å². The molecule has 0 unspecified atom stereocenters. The highest BCUT2D eigenvalue weighted by Gasteiger charge is 2.56. The van der Waals surface area contributed by atoms with Crippen molar-refractivity contribution in [3.05, 3.63) is 69.8 Å². The number of hydrogen-bond acceptors (Lipinski definition) is 7. The predicted molar refractivity (Wildman–Crippen MR) is 113 cm³/mol. The van der Waals surface area contributed by atoms with Crippen LogP contribution in [0.15, 0.2) is 48.5 Å². The maximum absolute atomic E-state index is 13.1. The summed E-state index contributed by atoms with van der Waals surface area (Å²) < 4.78 is 0. The van der Waals surface area contributed by atoms with E-state index in [9.17, 15) is 29.6 Å². The predicted octanol–water partition coefficient (Wildman–Crippen LogP) is 2.26. The number of nitrogens with one attached hydrogen (secondary N) is 1. The molecule has 2 aromatic rings. The van der Waals surface area contributed by atoms with Gasteiger partial charge in [-0.1, -0.05) is 18.2 Å². The van der Waals surface area contributed by atoms with E-state index in [-0.39, 0.29) is 36.4 Å². The molecule has 11 heteroatoms. The number of carboxylic acids is 2. The van der Waals surface area contributed by atoms with Crippen LogP contribution in [0, 0.1) is 10.1 Å². The minimum atomic E-state index is -1.94. The molecule has 0 radical (unpaired) electrons. The first-order chi connectivity index (χ1) is 14.6. The zero-order chi connectivity index (χ0) is 22.8. The number of carboxylic acid groups (broad SMARTS) is 2. The Morgan fingerprint density at radius 2 is 1.87 bits per heavy atom. The van der Waals surface area contributed by atoms with Crippen LogP contribution in [0.5, 0.6) is 0 Å². The smallest absolute Gasteiger partial charge is 0.335 e. The van der Waals surface area contributed by atoms with Crippen LogP contribution in [0.2, 0.25) is 0 Å². The summed E-state index contributed by atoms with van der Waals surface area (Å²) in [7, 11) is 0. The molecule has 1 aliphatic heterocycles. The second-order valence-corrected chi connectivity index (χ2v) is 7.90. The number of benzene rings is 2. The van der Waals surface area contributed by atoms with E-state index < -0.39 is 33.6 Å². The monoisotopic (exact) mass is 445 g/mol. The third kappa shape index (κ3) is 4.52. The van der Waals surface area contributed by atoms with E-state index in [2.05, 4.69) is 17.9 Å². The summed E-state index contributed by atoms with van der Waals surface area (Å²) in [5.41, 5.74) is -1.34. The molecule has 1 fully saturated rings. The standard InChI is InChI=1S/C20H19N3O7S/c24-17(25)13-2-1-3-14(8-13)21-18(26)20(19(27)28)9-16(31)11-22(20)10-12-4-6-15(7-5-12)23(29)30/h1-8,16,31H,9-11H2,(H,21,26)(H,24,25)(H,27,28)/t16-,20-/m0/s1. The van der Waals surface area contributed by atoms with Crippen molar-refractivity contribution in [2.75, 3.05) is 11.9 Å². The Morgan fingerprint density at radius 3 is 2.45 bits per heavy atom. The van der Waals surface area contributed by atoms with Gasteiger partial charge >= 0.3 is 11.9 Å². The quantitative estimate of drug-likeness (QED) is 0.219. The molecule has 0 bridgehead atoms. The summed E-state index contributed by atoms with van der Waals surface area (Å²) >= 11 is 4.38. The largest absolute Gasteiger partial charge is 0.479 e. The minimum absolute atomic E-state index is 0.0524. The number of aliphatic carboxylic acids is 1. The van der Waals surface area contributed by atoms with Crippen molar-refractivity contribution in [2.45, 2.75) is 23.8 Å². The van der Waals surface area contributed by atoms with E-state index in [1.54, 1.807) is 0 Å². The van der Waals surface area contributed by atoms with Gasteiger partial charge in [-0.25, -0.2) is 9.59 Å². The number of thiol groups is 1. The molecular weight excluding hydrogens is 426 g/mol. The fourth-order valence-electron chi connectivity index (χ4n) is 3.61. The number of anilines is 1. The Morgan fingerprint density at radius 1 is 1.19 bits per heavy atom. The van der Waals surface area contributed by atoms with Gasteiger partial charge in [0.2, 0.25) is 5.54 Å². The third-order valence-electron chi connectivity index (χ3n) is 5.12. The number of rotatable bonds is 7. The van der Waals surface area contributed by atoms with Crippen LogP contribution < -0.4 is 5.32 Å². The fourth-order valence-corrected chi connectivity index (χ4v) is 4.07. The fraction of sp³-hybridized carbons (Fsp3) is 0.250. The molecule has 1 saturated heterocycles. The van der Waals surface area contributed by atoms with Crippen LogP contribution in [0.1, 0.15) is 22.3 Å². The molecule has 0 aliphatic carbocycles. The number of nitro groups is 1. The molecular formula is C20H19N3O7S. The van der Waals surface area contributed by atoms with E-state index >= 15 is 0 Å². The van der Waals surface area contributed by atoms with Crippen LogP contribution >= 0.6 is 12.6 Å². The van der Waals surface area contributed by atoms with Gasteiger partial charge in [0.25, 0.3) is 11.6 Å². The van der Waals surface area contributed by atoms with Crippen LogP contribution in [-0.4, -0.2) is 55.2 Å². The van der Waals surface area contributed by atoms with Crippen molar-refractivity contribution in [2.24, 2.45) is 0 Å². The van der Waals surface area contributed by atoms with Crippen molar-refractivity contribution in [3.63, 3.8) is 0 Å². The third-order valence-corrected chi connectivity index (χ3v) is 5.47. The Bertz CT molecular complexity index is 1040. The van der Waals surface area contributed by atoms with E-state index in [1.807, 2.05) is 0 Å². The van der Waals surface area contributed by atoms with Crippen molar-refractivity contribution < 1.29 is 29.5 Å². The van der Waals surface area contributed by atoms with Gasteiger partial charge in [-0.05, 0) is 30.2 Å². The van der Waals surface area contributed by atoms with E-state index in [0.29, 0.717) is 5.56 Å². The highest BCUT2D eigenvalue weighted by molar-refractivity contribution is 7.81. The number of aromatic carboxylic acids is 1. The van der Waals surface area contributed by atoms with Crippen LogP contribution in [0.3, 0.4) is 0 Å². The Balaban J connectivity index is 1.89. The summed E-state index contributed by atoms with van der Waals surface area (Å²) in [6.45, 7) is 0.263. The zero-order valence-corrected chi connectivity index (χ0v) is 17.0. The van der Waals surface area contributed by atoms with Gasteiger partial charge in [-0.15, -0.1) is 0 Å². The summed E-state index contributed by atoms with van der Waals surface area (Å²) in [5.74, 6) is -3.36. The molecule has 31 heavy (non-hydrogen) atoms. The maximum atomic E-state index is 13.1. The van der Waals surface area contributed by atoms with E-state index in [0.717, 1.165) is 0 Å². The molecule has 1 heterocycles. The topological polar surface area (TPSA) is 150 Å². The number of nitrogens with zero attached hydrogens (tertiary/aromatic N) is 2. The second-order valence-electron chi connectivity index (χ2n) is 7.17. The highest BCUT2D eigenvalue weighted by atomic mass is 32.1. The van der Waals surface area contributed by atoms with Crippen molar-refractivity contribution in [1.82, 2.24) is 4.90 Å². The molecule has 162 valence electrons. The SMILES string of the molecule is O=C(O)c1cccc(NC(=O)[C@]2(C(=O)O)C[C@H](S)CN2Cc2ccc([N+](=O)[O-])cc2)c1. The number of nitro benzene ring substituents is 1. The van der Waals surface area contributed by atoms with Gasteiger partial charge in [0.05, 0.1) is 10.5 Å². The minimum Gasteiger partial charge on any atom is -0.479 e. The van der Waals surface area contributed by atoms with Gasteiger partial charge in [0, 0.05) is 36.2 Å². The maximum Gasteiger partial charge on any atom is 0.335 e. The number of likely N-dealkylation sites (tertiary alicyclic amines) is 1. The molecule has 3 N–H and O–H groups in total. The number of carbonyl (C=O) groups is 3. The van der Waals surface area contributed by atoms with E-state index in [1.165, 1.54) is 53.4 Å². The Hall–Kier alpha value is -3.44.